The zero-order valence-corrected chi connectivity index (χ0v) is 18.2. The highest BCUT2D eigenvalue weighted by Gasteiger charge is 2.31. The van der Waals surface area contributed by atoms with Crippen molar-refractivity contribution < 1.29 is 22.7 Å². The molecule has 0 aromatic heterocycles. The van der Waals surface area contributed by atoms with Crippen LogP contribution in [0.5, 0.6) is 11.5 Å². The van der Waals surface area contributed by atoms with Gasteiger partial charge in [-0.2, -0.15) is 13.2 Å². The number of hydrogen-bond donors (Lipinski definition) is 2. The van der Waals surface area contributed by atoms with Gasteiger partial charge >= 0.3 is 12.2 Å². The molecule has 0 saturated heterocycles. The van der Waals surface area contributed by atoms with Gasteiger partial charge in [0, 0.05) is 10.7 Å². The van der Waals surface area contributed by atoms with E-state index in [1.54, 1.807) is 12.1 Å². The molecule has 33 heavy (non-hydrogen) atoms. The number of carbonyl (C=O) groups is 1. The minimum atomic E-state index is -4.61. The van der Waals surface area contributed by atoms with Gasteiger partial charge in [0.25, 0.3) is 0 Å². The Morgan fingerprint density at radius 1 is 0.788 bits per heavy atom. The first-order valence-electron chi connectivity index (χ1n) is 9.60. The molecule has 4 aromatic rings. The minimum Gasteiger partial charge on any atom is -0.454 e. The smallest absolute Gasteiger partial charge is 0.416 e. The number of rotatable bonds is 4. The Morgan fingerprint density at radius 3 is 2.24 bits per heavy atom. The Balaban J connectivity index is 1.61. The van der Waals surface area contributed by atoms with Crippen LogP contribution in [-0.2, 0) is 6.18 Å². The maximum atomic E-state index is 13.3. The molecular weight excluding hydrogens is 476 g/mol. The van der Waals surface area contributed by atoms with Gasteiger partial charge in [0.15, 0.2) is 5.75 Å². The summed E-state index contributed by atoms with van der Waals surface area (Å²) in [5.74, 6) is 0.139. The lowest BCUT2D eigenvalue weighted by atomic mass is 10.1. The Kier molecular flexibility index (Phi) is 6.35. The van der Waals surface area contributed by atoms with Crippen LogP contribution >= 0.6 is 23.2 Å². The normalized spacial score (nSPS) is 11.3. The maximum absolute atomic E-state index is 13.3. The van der Waals surface area contributed by atoms with Gasteiger partial charge in [0.2, 0.25) is 0 Å². The van der Waals surface area contributed by atoms with E-state index in [0.717, 1.165) is 29.0 Å². The van der Waals surface area contributed by atoms with Crippen LogP contribution in [0.15, 0.2) is 78.9 Å². The predicted octanol–water partition coefficient (Wildman–Crippen LogP) is 8.60. The van der Waals surface area contributed by atoms with Crippen molar-refractivity contribution in [3.8, 4) is 11.5 Å². The fourth-order valence-corrected chi connectivity index (χ4v) is 3.57. The first-order chi connectivity index (χ1) is 15.7. The van der Waals surface area contributed by atoms with E-state index >= 15 is 0 Å². The van der Waals surface area contributed by atoms with Crippen LogP contribution < -0.4 is 15.4 Å². The summed E-state index contributed by atoms with van der Waals surface area (Å²) in [6.45, 7) is 0. The molecule has 0 fully saturated rings. The third-order valence-corrected chi connectivity index (χ3v) is 5.21. The number of carbonyl (C=O) groups excluding carboxylic acids is 1. The molecule has 0 aliphatic heterocycles. The summed E-state index contributed by atoms with van der Waals surface area (Å²) in [5.41, 5.74) is -0.659. The summed E-state index contributed by atoms with van der Waals surface area (Å²) in [6, 6.07) is 19.3. The van der Waals surface area contributed by atoms with Crippen molar-refractivity contribution in [1.29, 1.82) is 0 Å². The van der Waals surface area contributed by atoms with Crippen LogP contribution in [0.4, 0.5) is 29.3 Å². The van der Waals surface area contributed by atoms with E-state index in [1.165, 1.54) is 18.2 Å². The molecule has 2 amide bonds. The molecule has 0 atom stereocenters. The first kappa shape index (κ1) is 22.8. The van der Waals surface area contributed by atoms with Gasteiger partial charge in [-0.25, -0.2) is 4.79 Å². The molecule has 4 nitrogen and oxygen atoms in total. The van der Waals surface area contributed by atoms with Crippen molar-refractivity contribution in [2.75, 3.05) is 10.6 Å². The van der Waals surface area contributed by atoms with Crippen LogP contribution in [0, 0.1) is 0 Å². The fraction of sp³-hybridized carbons (Fsp3) is 0.0417. The number of urea groups is 1. The molecule has 0 radical (unpaired) electrons. The average molecular weight is 491 g/mol. The molecule has 0 unspecified atom stereocenters. The zero-order valence-electron chi connectivity index (χ0n) is 16.7. The highest BCUT2D eigenvalue weighted by Crippen LogP contribution is 2.39. The van der Waals surface area contributed by atoms with Crippen molar-refractivity contribution in [2.24, 2.45) is 0 Å². The second kappa shape index (κ2) is 9.21. The molecular formula is C24H15Cl2F3N2O2. The Labute approximate surface area is 196 Å². The van der Waals surface area contributed by atoms with Crippen molar-refractivity contribution in [3.05, 3.63) is 94.5 Å². The monoisotopic (exact) mass is 490 g/mol. The third-order valence-electron chi connectivity index (χ3n) is 4.68. The number of ether oxygens (including phenoxy) is 1. The number of benzene rings is 4. The molecule has 9 heteroatoms. The van der Waals surface area contributed by atoms with Crippen molar-refractivity contribution in [2.45, 2.75) is 6.18 Å². The van der Waals surface area contributed by atoms with Crippen LogP contribution in [0.25, 0.3) is 10.8 Å². The van der Waals surface area contributed by atoms with E-state index in [2.05, 4.69) is 10.6 Å². The minimum absolute atomic E-state index is 0.0270. The molecule has 4 rings (SSSR count). The molecule has 0 aliphatic carbocycles. The molecule has 0 spiro atoms. The summed E-state index contributed by atoms with van der Waals surface area (Å²) in [7, 11) is 0. The Hall–Kier alpha value is -3.42. The molecule has 4 aromatic carbocycles. The highest BCUT2D eigenvalue weighted by molar-refractivity contribution is 6.35. The topological polar surface area (TPSA) is 50.4 Å². The molecule has 2 N–H and O–H groups in total. The molecule has 168 valence electrons. The number of halogens is 5. The van der Waals surface area contributed by atoms with E-state index in [1.807, 2.05) is 30.3 Å². The summed E-state index contributed by atoms with van der Waals surface area (Å²) < 4.78 is 45.5. The lowest BCUT2D eigenvalue weighted by Crippen LogP contribution is -2.20. The summed E-state index contributed by atoms with van der Waals surface area (Å²) in [4.78, 5) is 12.6. The third kappa shape index (κ3) is 5.50. The predicted molar refractivity (Wildman–Crippen MR) is 125 cm³/mol. The van der Waals surface area contributed by atoms with Gasteiger partial charge in [0.1, 0.15) is 5.75 Å². The van der Waals surface area contributed by atoms with Crippen molar-refractivity contribution in [1.82, 2.24) is 0 Å². The fourth-order valence-electron chi connectivity index (χ4n) is 3.12. The SMILES string of the molecule is O=C(Nc1ccc2ccccc2c1)Nc1cc(C(F)(F)F)ccc1Oc1ccc(Cl)cc1Cl. The number of amides is 2. The van der Waals surface area contributed by atoms with Gasteiger partial charge in [-0.15, -0.1) is 0 Å². The molecule has 0 saturated carbocycles. The van der Waals surface area contributed by atoms with Crippen LogP contribution in [0.3, 0.4) is 0 Å². The van der Waals surface area contributed by atoms with Gasteiger partial charge in [-0.3, -0.25) is 0 Å². The first-order valence-corrected chi connectivity index (χ1v) is 10.4. The number of anilines is 2. The summed E-state index contributed by atoms with van der Waals surface area (Å²) >= 11 is 12.0. The second-order valence-corrected chi connectivity index (χ2v) is 7.87. The van der Waals surface area contributed by atoms with Gasteiger partial charge in [-0.1, -0.05) is 53.5 Å². The lowest BCUT2D eigenvalue weighted by molar-refractivity contribution is -0.137. The number of nitrogens with one attached hydrogen (secondary N) is 2. The number of hydrogen-bond acceptors (Lipinski definition) is 2. The van der Waals surface area contributed by atoms with E-state index in [9.17, 15) is 18.0 Å². The quantitative estimate of drug-likeness (QED) is 0.300. The maximum Gasteiger partial charge on any atom is 0.416 e. The second-order valence-electron chi connectivity index (χ2n) is 7.03. The van der Waals surface area contributed by atoms with Crippen molar-refractivity contribution in [3.63, 3.8) is 0 Å². The average Bonchev–Trinajstić information content (AvgIpc) is 2.76. The standard InChI is InChI=1S/C24H15Cl2F3N2O2/c25-17-7-10-21(19(26)13-17)33-22-9-6-16(24(27,28)29)12-20(22)31-23(32)30-18-8-5-14-3-1-2-4-15(14)11-18/h1-13H,(H2,30,31,32). The highest BCUT2D eigenvalue weighted by atomic mass is 35.5. The van der Waals surface area contributed by atoms with Gasteiger partial charge in [0.05, 0.1) is 16.3 Å². The Morgan fingerprint density at radius 2 is 1.52 bits per heavy atom. The van der Waals surface area contributed by atoms with Gasteiger partial charge in [-0.05, 0) is 59.3 Å². The van der Waals surface area contributed by atoms with E-state index in [0.29, 0.717) is 10.7 Å². The zero-order chi connectivity index (χ0) is 23.6. The van der Waals surface area contributed by atoms with Gasteiger partial charge < -0.3 is 15.4 Å². The lowest BCUT2D eigenvalue weighted by Gasteiger charge is -2.16. The summed E-state index contributed by atoms with van der Waals surface area (Å²) in [6.07, 6.45) is -4.61. The number of fused-ring (bicyclic) bond motifs is 1. The molecule has 0 heterocycles. The van der Waals surface area contributed by atoms with Crippen LogP contribution in [0.2, 0.25) is 10.0 Å². The van der Waals surface area contributed by atoms with Crippen LogP contribution in [0.1, 0.15) is 5.56 Å². The van der Waals surface area contributed by atoms with Crippen LogP contribution in [-0.4, -0.2) is 6.03 Å². The molecule has 0 aliphatic rings. The largest absolute Gasteiger partial charge is 0.454 e. The Bertz CT molecular complexity index is 1340. The summed E-state index contributed by atoms with van der Waals surface area (Å²) in [5, 5.41) is 7.46. The number of alkyl halides is 3. The van der Waals surface area contributed by atoms with E-state index < -0.39 is 17.8 Å². The van der Waals surface area contributed by atoms with Crippen molar-refractivity contribution >= 4 is 51.4 Å². The molecule has 0 bridgehead atoms. The van der Waals surface area contributed by atoms with E-state index in [-0.39, 0.29) is 22.2 Å². The van der Waals surface area contributed by atoms with E-state index in [4.69, 9.17) is 27.9 Å².